The van der Waals surface area contributed by atoms with E-state index in [2.05, 4.69) is 0 Å². The van der Waals surface area contributed by atoms with Gasteiger partial charge in [0.15, 0.2) is 0 Å². The van der Waals surface area contributed by atoms with Gasteiger partial charge < -0.3 is 4.12 Å². The molecule has 0 spiro atoms. The summed E-state index contributed by atoms with van der Waals surface area (Å²) >= 11 is 11.0. The van der Waals surface area contributed by atoms with Crippen molar-refractivity contribution in [3.8, 4) is 0 Å². The highest BCUT2D eigenvalue weighted by molar-refractivity contribution is 7.24. The normalized spacial score (nSPS) is 45.0. The molecule has 1 aliphatic rings. The minimum Gasteiger partial charge on any atom is -0.438 e. The Labute approximate surface area is 49.1 Å². The third-order valence-corrected chi connectivity index (χ3v) is 11.1. The summed E-state index contributed by atoms with van der Waals surface area (Å²) in [6, 6.07) is 0. The van der Waals surface area contributed by atoms with Crippen LogP contribution in [0.1, 0.15) is 0 Å². The first kappa shape index (κ1) is 5.12. The molecule has 0 saturated carbocycles. The summed E-state index contributed by atoms with van der Waals surface area (Å²) in [5.41, 5.74) is 1.06. The van der Waals surface area contributed by atoms with E-state index in [0.29, 0.717) is 0 Å². The lowest BCUT2D eigenvalue weighted by Gasteiger charge is -2.23. The molecule has 0 bridgehead atoms. The van der Waals surface area contributed by atoms with E-state index in [1.165, 1.54) is 0 Å². The van der Waals surface area contributed by atoms with Gasteiger partial charge in [-0.15, -0.1) is 22.2 Å². The average Bonchev–Trinajstić information content (AvgIpc) is 1.33. The first-order chi connectivity index (χ1) is 2.79. The molecule has 0 radical (unpaired) electrons. The second kappa shape index (κ2) is 1.84. The molecule has 1 fully saturated rings. The molecule has 2 unspecified atom stereocenters. The van der Waals surface area contributed by atoms with Gasteiger partial charge in [0.05, 0.1) is 0 Å². The smallest absolute Gasteiger partial charge is 0.265 e. The molecule has 0 aliphatic carbocycles. The van der Waals surface area contributed by atoms with Crippen LogP contribution in [0.4, 0.5) is 0 Å². The zero-order chi connectivity index (χ0) is 4.57. The van der Waals surface area contributed by atoms with E-state index in [1.807, 2.05) is 0 Å². The summed E-state index contributed by atoms with van der Waals surface area (Å²) in [5.74, 6) is 0. The third kappa shape index (κ3) is 0.975. The Morgan fingerprint density at radius 3 is 1.67 bits per heavy atom. The largest absolute Gasteiger partial charge is 0.438 e. The van der Waals surface area contributed by atoms with E-state index >= 15 is 0 Å². The average molecular weight is 159 g/mol. The van der Waals surface area contributed by atoms with Crippen LogP contribution in [0.15, 0.2) is 0 Å². The van der Waals surface area contributed by atoms with E-state index in [0.717, 1.165) is 5.67 Å². The van der Waals surface area contributed by atoms with Gasteiger partial charge in [0.2, 0.25) is 0 Å². The van der Waals surface area contributed by atoms with Crippen LogP contribution in [0.3, 0.4) is 0 Å². The lowest BCUT2D eigenvalue weighted by molar-refractivity contribution is 0.589. The Morgan fingerprint density at radius 2 is 1.67 bits per heavy atom. The van der Waals surface area contributed by atoms with Crippen LogP contribution in [-0.4, -0.2) is 16.7 Å². The highest BCUT2D eigenvalue weighted by Gasteiger charge is 2.29. The van der Waals surface area contributed by atoms with Gasteiger partial charge in [-0.3, -0.25) is 0 Å². The fraction of sp³-hybridized carbons (Fsp3) is 1.00. The third-order valence-electron chi connectivity index (χ3n) is 0.666. The van der Waals surface area contributed by atoms with E-state index in [-0.39, 0.29) is 0 Å². The van der Waals surface area contributed by atoms with Crippen molar-refractivity contribution in [1.29, 1.82) is 0 Å². The maximum Gasteiger partial charge on any atom is 0.265 e. The van der Waals surface area contributed by atoms with Gasteiger partial charge in [0.25, 0.3) is 16.7 Å². The molecular formula is CH4Cl2OSi2. The van der Waals surface area contributed by atoms with Crippen LogP contribution in [0.5, 0.6) is 0 Å². The quantitative estimate of drug-likeness (QED) is 0.369. The zero-order valence-corrected chi connectivity index (χ0v) is 6.85. The second-order valence-corrected chi connectivity index (χ2v) is 8.73. The Balaban J connectivity index is 2.11. The summed E-state index contributed by atoms with van der Waals surface area (Å²) < 4.78 is 4.95. The van der Waals surface area contributed by atoms with Gasteiger partial charge in [0, 0.05) is 5.67 Å². The molecule has 5 heteroatoms. The Hall–Kier alpha value is 0.974. The first-order valence-corrected chi connectivity index (χ1v) is 7.79. The van der Waals surface area contributed by atoms with Crippen molar-refractivity contribution >= 4 is 38.9 Å². The second-order valence-electron chi connectivity index (χ2n) is 1.19. The van der Waals surface area contributed by atoms with Gasteiger partial charge in [-0.25, -0.2) is 0 Å². The molecule has 1 heterocycles. The fourth-order valence-electron chi connectivity index (χ4n) is 0.295. The molecule has 0 N–H and O–H groups in total. The Kier molecular flexibility index (Phi) is 1.57. The molecule has 1 aliphatic heterocycles. The molecule has 0 amide bonds. The molecule has 1 saturated heterocycles. The minimum atomic E-state index is -1.12. The summed E-state index contributed by atoms with van der Waals surface area (Å²) in [4.78, 5) is 0. The SMILES string of the molecule is Cl[SiH]1C[SiH](Cl)O1. The van der Waals surface area contributed by atoms with Crippen molar-refractivity contribution in [3.05, 3.63) is 0 Å². The maximum absolute atomic E-state index is 5.51. The maximum atomic E-state index is 5.51. The van der Waals surface area contributed by atoms with Crippen molar-refractivity contribution in [1.82, 2.24) is 0 Å². The summed E-state index contributed by atoms with van der Waals surface area (Å²) in [7, 11) is -2.25. The van der Waals surface area contributed by atoms with Crippen LogP contribution < -0.4 is 0 Å². The standard InChI is InChI=1S/CH4Cl2OSi2/c2-5-1-6(3)4-5/h5-6H,1H2. The number of rotatable bonds is 0. The number of halogens is 2. The van der Waals surface area contributed by atoms with Crippen molar-refractivity contribution in [3.63, 3.8) is 0 Å². The van der Waals surface area contributed by atoms with Crippen molar-refractivity contribution < 1.29 is 4.12 Å². The van der Waals surface area contributed by atoms with Gasteiger partial charge >= 0.3 is 0 Å². The molecular weight excluding hydrogens is 155 g/mol. The zero-order valence-electron chi connectivity index (χ0n) is 3.03. The van der Waals surface area contributed by atoms with Crippen molar-refractivity contribution in [2.45, 2.75) is 5.67 Å². The van der Waals surface area contributed by atoms with Gasteiger partial charge in [0.1, 0.15) is 0 Å². The van der Waals surface area contributed by atoms with E-state index in [9.17, 15) is 0 Å². The predicted octanol–water partition coefficient (Wildman–Crippen LogP) is 0.474. The first-order valence-electron chi connectivity index (χ1n) is 1.72. The summed E-state index contributed by atoms with van der Waals surface area (Å²) in [6.07, 6.45) is 0. The Morgan fingerprint density at radius 1 is 1.33 bits per heavy atom. The van der Waals surface area contributed by atoms with Gasteiger partial charge in [-0.1, -0.05) is 0 Å². The molecule has 36 valence electrons. The molecule has 6 heavy (non-hydrogen) atoms. The summed E-state index contributed by atoms with van der Waals surface area (Å²) in [5, 5.41) is 0. The number of hydrogen-bond acceptors (Lipinski definition) is 1. The van der Waals surface area contributed by atoms with E-state index in [1.54, 1.807) is 0 Å². The molecule has 0 aromatic rings. The Bertz CT molecular complexity index is 47.5. The van der Waals surface area contributed by atoms with Crippen LogP contribution in [0, 0.1) is 0 Å². The fourth-order valence-corrected chi connectivity index (χ4v) is 9.10. The lowest BCUT2D eigenvalue weighted by Crippen LogP contribution is -2.36. The molecule has 1 nitrogen and oxygen atoms in total. The minimum absolute atomic E-state index is 1.06. The monoisotopic (exact) mass is 158 g/mol. The molecule has 2 atom stereocenters. The lowest BCUT2D eigenvalue weighted by atomic mass is 11.9. The topological polar surface area (TPSA) is 9.23 Å². The van der Waals surface area contributed by atoms with Crippen LogP contribution in [0.2, 0.25) is 5.67 Å². The molecule has 1 rings (SSSR count). The highest BCUT2D eigenvalue weighted by Crippen LogP contribution is 2.19. The van der Waals surface area contributed by atoms with Crippen LogP contribution >= 0.6 is 22.2 Å². The van der Waals surface area contributed by atoms with Crippen molar-refractivity contribution in [2.24, 2.45) is 0 Å². The van der Waals surface area contributed by atoms with Gasteiger partial charge in [-0.2, -0.15) is 0 Å². The predicted molar refractivity (Wildman–Crippen MR) is 31.9 cm³/mol. The van der Waals surface area contributed by atoms with Crippen molar-refractivity contribution in [2.75, 3.05) is 0 Å². The number of hydrogen-bond donors (Lipinski definition) is 0. The van der Waals surface area contributed by atoms with E-state index < -0.39 is 16.7 Å². The van der Waals surface area contributed by atoms with Crippen LogP contribution in [0.25, 0.3) is 0 Å². The van der Waals surface area contributed by atoms with E-state index in [4.69, 9.17) is 26.3 Å². The van der Waals surface area contributed by atoms with Crippen LogP contribution in [-0.2, 0) is 4.12 Å². The summed E-state index contributed by atoms with van der Waals surface area (Å²) in [6.45, 7) is 0. The highest BCUT2D eigenvalue weighted by atomic mass is 35.6. The molecule has 0 aromatic heterocycles. The van der Waals surface area contributed by atoms with Gasteiger partial charge in [-0.05, 0) is 0 Å². The molecule has 0 aromatic carbocycles.